The average molecular weight is 318 g/mol. The molecule has 1 fully saturated rings. The highest BCUT2D eigenvalue weighted by Gasteiger charge is 2.39. The van der Waals surface area contributed by atoms with Crippen LogP contribution in [0.5, 0.6) is 0 Å². The first kappa shape index (κ1) is 17.0. The van der Waals surface area contributed by atoms with Gasteiger partial charge in [0.25, 0.3) is 0 Å². The molecule has 6 heteroatoms. The lowest BCUT2D eigenvalue weighted by atomic mass is 9.97. The Kier molecular flexibility index (Phi) is 5.03. The third-order valence-electron chi connectivity index (χ3n) is 4.38. The average Bonchev–Trinajstić information content (AvgIpc) is 2.89. The normalized spacial score (nSPS) is 20.2. The zero-order valence-electron chi connectivity index (χ0n) is 13.4. The largest absolute Gasteiger partial charge is 0.480 e. The van der Waals surface area contributed by atoms with Gasteiger partial charge >= 0.3 is 5.97 Å². The van der Waals surface area contributed by atoms with Crippen molar-refractivity contribution < 1.29 is 19.5 Å². The molecule has 0 spiro atoms. The number of nitrogens with one attached hydrogen (secondary N) is 1. The highest BCUT2D eigenvalue weighted by molar-refractivity contribution is 5.92. The zero-order valence-corrected chi connectivity index (χ0v) is 13.4. The number of aliphatic carboxylic acids is 1. The Morgan fingerprint density at radius 1 is 1.35 bits per heavy atom. The van der Waals surface area contributed by atoms with Crippen molar-refractivity contribution in [1.29, 1.82) is 0 Å². The van der Waals surface area contributed by atoms with Crippen LogP contribution < -0.4 is 5.32 Å². The maximum Gasteiger partial charge on any atom is 0.329 e. The number of carboxylic acid groups (broad SMARTS) is 1. The summed E-state index contributed by atoms with van der Waals surface area (Å²) in [5.41, 5.74) is -0.293. The van der Waals surface area contributed by atoms with Gasteiger partial charge in [-0.1, -0.05) is 37.3 Å². The molecular formula is C17H22N2O4. The van der Waals surface area contributed by atoms with Crippen LogP contribution >= 0.6 is 0 Å². The maximum absolute atomic E-state index is 12.3. The molecule has 2 atom stereocenters. The minimum absolute atomic E-state index is 0.0810. The first-order valence-corrected chi connectivity index (χ1v) is 7.73. The van der Waals surface area contributed by atoms with Gasteiger partial charge in [-0.3, -0.25) is 9.59 Å². The van der Waals surface area contributed by atoms with Crippen molar-refractivity contribution in [2.45, 2.75) is 38.8 Å². The van der Waals surface area contributed by atoms with Gasteiger partial charge in [0.1, 0.15) is 5.54 Å². The Hall–Kier alpha value is -2.37. The molecular weight excluding hydrogens is 296 g/mol. The molecule has 1 aromatic rings. The van der Waals surface area contributed by atoms with Crippen molar-refractivity contribution in [1.82, 2.24) is 10.2 Å². The second kappa shape index (κ2) is 6.81. The van der Waals surface area contributed by atoms with E-state index in [0.29, 0.717) is 13.1 Å². The predicted molar refractivity (Wildman–Crippen MR) is 84.4 cm³/mol. The van der Waals surface area contributed by atoms with Crippen molar-refractivity contribution in [3.63, 3.8) is 0 Å². The zero-order chi connectivity index (χ0) is 17.0. The topological polar surface area (TPSA) is 86.7 Å². The first-order chi connectivity index (χ1) is 10.9. The van der Waals surface area contributed by atoms with Gasteiger partial charge in [-0.2, -0.15) is 0 Å². The van der Waals surface area contributed by atoms with Gasteiger partial charge in [-0.05, 0) is 18.9 Å². The van der Waals surface area contributed by atoms with Gasteiger partial charge in [-0.15, -0.1) is 0 Å². The number of likely N-dealkylation sites (tertiary alicyclic amines) is 1. The van der Waals surface area contributed by atoms with E-state index in [0.717, 1.165) is 5.56 Å². The number of benzene rings is 1. The van der Waals surface area contributed by atoms with Crippen LogP contribution in [0.4, 0.5) is 0 Å². The highest BCUT2D eigenvalue weighted by atomic mass is 16.4. The summed E-state index contributed by atoms with van der Waals surface area (Å²) < 4.78 is 0. The van der Waals surface area contributed by atoms with E-state index in [9.17, 15) is 19.5 Å². The summed E-state index contributed by atoms with van der Waals surface area (Å²) in [6.45, 7) is 3.97. The molecule has 0 aliphatic carbocycles. The summed E-state index contributed by atoms with van der Waals surface area (Å²) in [4.78, 5) is 37.3. The smallest absolute Gasteiger partial charge is 0.329 e. The number of hydrogen-bond acceptors (Lipinski definition) is 3. The van der Waals surface area contributed by atoms with Crippen molar-refractivity contribution >= 4 is 17.8 Å². The molecule has 23 heavy (non-hydrogen) atoms. The van der Waals surface area contributed by atoms with Crippen LogP contribution in [-0.4, -0.2) is 39.9 Å². The number of hydrogen-bond donors (Lipinski definition) is 2. The van der Waals surface area contributed by atoms with E-state index < -0.39 is 17.4 Å². The standard InChI is InChI=1S/C17H22N2O4/c1-3-17(2,16(22)23)18-15(21)13-9-14(20)19(11-13)10-12-7-5-4-6-8-12/h4-8,13H,3,9-11H2,1-2H3,(H,18,21)(H,22,23). The molecule has 1 aromatic carbocycles. The van der Waals surface area contributed by atoms with Crippen LogP contribution in [0.15, 0.2) is 30.3 Å². The second-order valence-corrected chi connectivity index (χ2v) is 6.14. The lowest BCUT2D eigenvalue weighted by Gasteiger charge is -2.26. The van der Waals surface area contributed by atoms with Crippen molar-refractivity contribution in [2.75, 3.05) is 6.54 Å². The monoisotopic (exact) mass is 318 g/mol. The second-order valence-electron chi connectivity index (χ2n) is 6.14. The molecule has 6 nitrogen and oxygen atoms in total. The lowest BCUT2D eigenvalue weighted by Crippen LogP contribution is -2.53. The Balaban J connectivity index is 1.99. The Morgan fingerprint density at radius 2 is 2.00 bits per heavy atom. The molecule has 1 saturated heterocycles. The fourth-order valence-corrected chi connectivity index (χ4v) is 2.57. The molecule has 2 N–H and O–H groups in total. The number of amides is 2. The molecule has 0 bridgehead atoms. The molecule has 2 unspecified atom stereocenters. The maximum atomic E-state index is 12.3. The Morgan fingerprint density at radius 3 is 2.57 bits per heavy atom. The van der Waals surface area contributed by atoms with Crippen LogP contribution in [-0.2, 0) is 20.9 Å². The van der Waals surface area contributed by atoms with Gasteiger partial charge in [0.15, 0.2) is 0 Å². The van der Waals surface area contributed by atoms with Gasteiger partial charge in [0.05, 0.1) is 5.92 Å². The SMILES string of the molecule is CCC(C)(NC(=O)C1CC(=O)N(Cc2ccccc2)C1)C(=O)O. The van der Waals surface area contributed by atoms with Crippen LogP contribution in [0.1, 0.15) is 32.3 Å². The predicted octanol–water partition coefficient (Wildman–Crippen LogP) is 1.40. The summed E-state index contributed by atoms with van der Waals surface area (Å²) in [7, 11) is 0. The first-order valence-electron chi connectivity index (χ1n) is 7.73. The minimum Gasteiger partial charge on any atom is -0.480 e. The van der Waals surface area contributed by atoms with Crippen LogP contribution in [0.25, 0.3) is 0 Å². The fraction of sp³-hybridized carbons (Fsp3) is 0.471. The molecule has 2 amide bonds. The summed E-state index contributed by atoms with van der Waals surface area (Å²) in [5, 5.41) is 11.8. The molecule has 0 aromatic heterocycles. The van der Waals surface area contributed by atoms with E-state index in [-0.39, 0.29) is 24.7 Å². The van der Waals surface area contributed by atoms with Gasteiger partial charge in [-0.25, -0.2) is 4.79 Å². The quantitative estimate of drug-likeness (QED) is 0.830. The van der Waals surface area contributed by atoms with E-state index in [2.05, 4.69) is 5.32 Å². The lowest BCUT2D eigenvalue weighted by molar-refractivity contribution is -0.147. The molecule has 2 rings (SSSR count). The highest BCUT2D eigenvalue weighted by Crippen LogP contribution is 2.22. The van der Waals surface area contributed by atoms with Crippen molar-refractivity contribution in [2.24, 2.45) is 5.92 Å². The molecule has 1 heterocycles. The molecule has 124 valence electrons. The van der Waals surface area contributed by atoms with Crippen molar-refractivity contribution in [3.8, 4) is 0 Å². The Bertz CT molecular complexity index is 602. The van der Waals surface area contributed by atoms with E-state index in [4.69, 9.17) is 0 Å². The summed E-state index contributed by atoms with van der Waals surface area (Å²) in [6, 6.07) is 9.57. The third-order valence-corrected chi connectivity index (χ3v) is 4.38. The van der Waals surface area contributed by atoms with E-state index in [1.54, 1.807) is 11.8 Å². The third kappa shape index (κ3) is 3.88. The number of rotatable bonds is 6. The number of carboxylic acids is 1. The fourth-order valence-electron chi connectivity index (χ4n) is 2.57. The molecule has 1 aliphatic heterocycles. The van der Waals surface area contributed by atoms with Crippen LogP contribution in [0.2, 0.25) is 0 Å². The van der Waals surface area contributed by atoms with Crippen molar-refractivity contribution in [3.05, 3.63) is 35.9 Å². The molecule has 1 aliphatic rings. The summed E-state index contributed by atoms with van der Waals surface area (Å²) in [5.74, 6) is -2.03. The number of carbonyl (C=O) groups is 3. The minimum atomic E-state index is -1.30. The van der Waals surface area contributed by atoms with E-state index in [1.165, 1.54) is 6.92 Å². The summed E-state index contributed by atoms with van der Waals surface area (Å²) >= 11 is 0. The van der Waals surface area contributed by atoms with Gasteiger partial charge < -0.3 is 15.3 Å². The van der Waals surface area contributed by atoms with Gasteiger partial charge in [0.2, 0.25) is 11.8 Å². The van der Waals surface area contributed by atoms with E-state index >= 15 is 0 Å². The van der Waals surface area contributed by atoms with Crippen LogP contribution in [0, 0.1) is 5.92 Å². The Labute approximate surface area is 135 Å². The molecule has 0 radical (unpaired) electrons. The van der Waals surface area contributed by atoms with E-state index in [1.807, 2.05) is 30.3 Å². The summed E-state index contributed by atoms with van der Waals surface area (Å²) in [6.07, 6.45) is 0.403. The molecule has 0 saturated carbocycles. The number of nitrogens with zero attached hydrogens (tertiary/aromatic N) is 1. The number of carbonyl (C=O) groups excluding carboxylic acids is 2. The van der Waals surface area contributed by atoms with Crippen LogP contribution in [0.3, 0.4) is 0 Å². The van der Waals surface area contributed by atoms with Gasteiger partial charge in [0, 0.05) is 19.5 Å².